The van der Waals surface area contributed by atoms with Crippen LogP contribution >= 0.6 is 23.4 Å². The Morgan fingerprint density at radius 1 is 1.19 bits per heavy atom. The van der Waals surface area contributed by atoms with Gasteiger partial charge >= 0.3 is 0 Å². The van der Waals surface area contributed by atoms with Gasteiger partial charge in [-0.25, -0.2) is 4.39 Å². The Bertz CT molecular complexity index is 898. The van der Waals surface area contributed by atoms with Crippen molar-refractivity contribution in [2.24, 2.45) is 7.05 Å². The number of hydrogen-bond donors (Lipinski definition) is 0. The Labute approximate surface area is 161 Å². The maximum Gasteiger partial charge on any atom is 0.191 e. The van der Waals surface area contributed by atoms with E-state index >= 15 is 0 Å². The predicted octanol–water partition coefficient (Wildman–Crippen LogP) is 5.35. The van der Waals surface area contributed by atoms with Crippen molar-refractivity contribution in [1.82, 2.24) is 14.8 Å². The van der Waals surface area contributed by atoms with Gasteiger partial charge < -0.3 is 9.30 Å². The fourth-order valence-electron chi connectivity index (χ4n) is 2.46. The molecule has 0 radical (unpaired) electrons. The molecule has 2 aromatic carbocycles. The second-order valence-electron chi connectivity index (χ2n) is 6.00. The van der Waals surface area contributed by atoms with E-state index in [4.69, 9.17) is 16.3 Å². The van der Waals surface area contributed by atoms with Crippen LogP contribution in [0.25, 0.3) is 0 Å². The summed E-state index contributed by atoms with van der Waals surface area (Å²) in [4.78, 5) is 0. The van der Waals surface area contributed by atoms with Crippen molar-refractivity contribution in [1.29, 1.82) is 0 Å². The minimum Gasteiger partial charge on any atom is -0.483 e. The Balaban J connectivity index is 1.67. The normalized spacial score (nSPS) is 12.2. The predicted molar refractivity (Wildman–Crippen MR) is 102 cm³/mol. The monoisotopic (exact) mass is 391 g/mol. The molecule has 1 unspecified atom stereocenters. The van der Waals surface area contributed by atoms with E-state index in [1.807, 2.05) is 49.7 Å². The average molecular weight is 392 g/mol. The van der Waals surface area contributed by atoms with E-state index in [1.54, 1.807) is 6.07 Å². The highest BCUT2D eigenvalue weighted by Gasteiger charge is 2.17. The molecule has 0 N–H and O–H groups in total. The van der Waals surface area contributed by atoms with Gasteiger partial charge in [-0.2, -0.15) is 0 Å². The number of ether oxygens (including phenoxy) is 1. The van der Waals surface area contributed by atoms with E-state index in [0.717, 1.165) is 22.3 Å². The van der Waals surface area contributed by atoms with Gasteiger partial charge in [-0.15, -0.1) is 10.2 Å². The van der Waals surface area contributed by atoms with Crippen molar-refractivity contribution >= 4 is 23.4 Å². The maximum atomic E-state index is 13.1. The second-order valence-corrected chi connectivity index (χ2v) is 7.35. The van der Waals surface area contributed by atoms with Crippen LogP contribution in [0.4, 0.5) is 4.39 Å². The standard InChI is InChI=1S/C19H19ClFN3OS/c1-12-4-8-16(9-5-12)25-13(2)18-22-23-19(24(18)3)26-11-14-6-7-15(21)10-17(14)20/h4-10,13H,11H2,1-3H3. The highest BCUT2D eigenvalue weighted by molar-refractivity contribution is 7.98. The highest BCUT2D eigenvalue weighted by Crippen LogP contribution is 2.28. The summed E-state index contributed by atoms with van der Waals surface area (Å²) in [5.41, 5.74) is 2.04. The van der Waals surface area contributed by atoms with Gasteiger partial charge in [0.15, 0.2) is 17.1 Å². The summed E-state index contributed by atoms with van der Waals surface area (Å²) >= 11 is 7.57. The lowest BCUT2D eigenvalue weighted by Crippen LogP contribution is -2.10. The quantitative estimate of drug-likeness (QED) is 0.531. The van der Waals surface area contributed by atoms with Crippen molar-refractivity contribution in [3.05, 3.63) is 70.3 Å². The number of thioether (sulfide) groups is 1. The van der Waals surface area contributed by atoms with Crippen molar-refractivity contribution in [2.75, 3.05) is 0 Å². The van der Waals surface area contributed by atoms with E-state index in [-0.39, 0.29) is 11.9 Å². The Morgan fingerprint density at radius 3 is 2.62 bits per heavy atom. The molecule has 0 aliphatic carbocycles. The van der Waals surface area contributed by atoms with Gasteiger partial charge in [-0.05, 0) is 43.7 Å². The SMILES string of the molecule is Cc1ccc(OC(C)c2nnc(SCc3ccc(F)cc3Cl)n2C)cc1. The van der Waals surface area contributed by atoms with Crippen LogP contribution in [0.3, 0.4) is 0 Å². The topological polar surface area (TPSA) is 39.9 Å². The molecule has 0 fully saturated rings. The number of aromatic nitrogens is 3. The first-order valence-corrected chi connectivity index (χ1v) is 9.49. The lowest BCUT2D eigenvalue weighted by molar-refractivity contribution is 0.211. The molecule has 0 aliphatic rings. The lowest BCUT2D eigenvalue weighted by atomic mass is 10.2. The molecule has 0 spiro atoms. The minimum absolute atomic E-state index is 0.237. The van der Waals surface area contributed by atoms with Crippen LogP contribution in [0, 0.1) is 12.7 Å². The fourth-order valence-corrected chi connectivity index (χ4v) is 3.70. The first kappa shape index (κ1) is 18.7. The molecule has 136 valence electrons. The van der Waals surface area contributed by atoms with Gasteiger partial charge in [0.1, 0.15) is 11.6 Å². The number of benzene rings is 2. The molecule has 3 aromatic rings. The maximum absolute atomic E-state index is 13.1. The van der Waals surface area contributed by atoms with Crippen molar-refractivity contribution in [3.63, 3.8) is 0 Å². The zero-order valence-corrected chi connectivity index (χ0v) is 16.3. The second kappa shape index (κ2) is 8.10. The largest absolute Gasteiger partial charge is 0.483 e. The minimum atomic E-state index is -0.341. The molecule has 4 nitrogen and oxygen atoms in total. The van der Waals surface area contributed by atoms with E-state index in [2.05, 4.69) is 10.2 Å². The third-order valence-corrected chi connectivity index (χ3v) is 5.36. The number of hydrogen-bond acceptors (Lipinski definition) is 4. The summed E-state index contributed by atoms with van der Waals surface area (Å²) in [5, 5.41) is 9.65. The van der Waals surface area contributed by atoms with Gasteiger partial charge in [-0.1, -0.05) is 47.1 Å². The molecular weight excluding hydrogens is 373 g/mol. The fraction of sp³-hybridized carbons (Fsp3) is 0.263. The van der Waals surface area contributed by atoms with Gasteiger partial charge in [0.05, 0.1) is 0 Å². The molecule has 1 atom stereocenters. The molecular formula is C19H19ClFN3OS. The zero-order chi connectivity index (χ0) is 18.7. The molecule has 0 amide bonds. The number of halogens is 2. The molecule has 0 aliphatic heterocycles. The number of rotatable bonds is 6. The molecule has 0 bridgehead atoms. The summed E-state index contributed by atoms with van der Waals surface area (Å²) < 4.78 is 21.0. The van der Waals surface area contributed by atoms with E-state index in [0.29, 0.717) is 10.8 Å². The van der Waals surface area contributed by atoms with Gasteiger partial charge in [0.25, 0.3) is 0 Å². The van der Waals surface area contributed by atoms with Crippen molar-refractivity contribution in [3.8, 4) is 5.75 Å². The van der Waals surface area contributed by atoms with Gasteiger partial charge in [0.2, 0.25) is 0 Å². The van der Waals surface area contributed by atoms with Crippen LogP contribution in [0.2, 0.25) is 5.02 Å². The number of nitrogens with zero attached hydrogens (tertiary/aromatic N) is 3. The van der Waals surface area contributed by atoms with Crippen molar-refractivity contribution < 1.29 is 9.13 Å². The molecule has 7 heteroatoms. The van der Waals surface area contributed by atoms with Crippen LogP contribution in [0.5, 0.6) is 5.75 Å². The first-order valence-electron chi connectivity index (χ1n) is 8.13. The Morgan fingerprint density at radius 2 is 1.92 bits per heavy atom. The van der Waals surface area contributed by atoms with Gasteiger partial charge in [-0.3, -0.25) is 0 Å². The van der Waals surface area contributed by atoms with E-state index in [9.17, 15) is 4.39 Å². The molecule has 1 aromatic heterocycles. The third-order valence-electron chi connectivity index (χ3n) is 3.94. The van der Waals surface area contributed by atoms with E-state index < -0.39 is 0 Å². The smallest absolute Gasteiger partial charge is 0.191 e. The third kappa shape index (κ3) is 4.37. The first-order chi connectivity index (χ1) is 12.4. The molecule has 3 rings (SSSR count). The van der Waals surface area contributed by atoms with Crippen molar-refractivity contribution in [2.45, 2.75) is 30.9 Å². The molecule has 26 heavy (non-hydrogen) atoms. The summed E-state index contributed by atoms with van der Waals surface area (Å²) in [6.45, 7) is 3.97. The summed E-state index contributed by atoms with van der Waals surface area (Å²) in [6.07, 6.45) is -0.237. The average Bonchev–Trinajstić information content (AvgIpc) is 2.97. The Hall–Kier alpha value is -2.05. The summed E-state index contributed by atoms with van der Waals surface area (Å²) in [5.74, 6) is 1.77. The summed E-state index contributed by atoms with van der Waals surface area (Å²) in [6, 6.07) is 12.3. The van der Waals surface area contributed by atoms with Gasteiger partial charge in [0, 0.05) is 17.8 Å². The molecule has 0 saturated heterocycles. The summed E-state index contributed by atoms with van der Waals surface area (Å²) in [7, 11) is 1.90. The highest BCUT2D eigenvalue weighted by atomic mass is 35.5. The van der Waals surface area contributed by atoms with E-state index in [1.165, 1.54) is 29.5 Å². The van der Waals surface area contributed by atoms with Crippen LogP contribution < -0.4 is 4.74 Å². The van der Waals surface area contributed by atoms with Crippen LogP contribution in [-0.2, 0) is 12.8 Å². The number of aryl methyl sites for hydroxylation is 1. The lowest BCUT2D eigenvalue weighted by Gasteiger charge is -2.14. The molecule has 0 saturated carbocycles. The van der Waals surface area contributed by atoms with Crippen LogP contribution in [0.1, 0.15) is 30.0 Å². The Kier molecular flexibility index (Phi) is 5.84. The van der Waals surface area contributed by atoms with Crippen LogP contribution in [0.15, 0.2) is 47.6 Å². The van der Waals surface area contributed by atoms with Crippen LogP contribution in [-0.4, -0.2) is 14.8 Å². The molecule has 1 heterocycles. The zero-order valence-electron chi connectivity index (χ0n) is 14.7.